The second-order valence-electron chi connectivity index (χ2n) is 10.9. The van der Waals surface area contributed by atoms with Crippen molar-refractivity contribution in [3.8, 4) is 11.9 Å². The van der Waals surface area contributed by atoms with Gasteiger partial charge in [-0.3, -0.25) is 4.57 Å². The number of nitriles is 1. The summed E-state index contributed by atoms with van der Waals surface area (Å²) in [6, 6.07) is 5.81. The summed E-state index contributed by atoms with van der Waals surface area (Å²) in [6.45, 7) is 13.5. The molecule has 0 saturated carbocycles. The van der Waals surface area contributed by atoms with Gasteiger partial charge in [-0.15, -0.1) is 0 Å². The van der Waals surface area contributed by atoms with E-state index in [2.05, 4.69) is 39.7 Å². The van der Waals surface area contributed by atoms with E-state index in [-0.39, 0.29) is 18.2 Å². The summed E-state index contributed by atoms with van der Waals surface area (Å²) in [4.78, 5) is 33.0. The van der Waals surface area contributed by atoms with Gasteiger partial charge in [0.15, 0.2) is 5.65 Å². The summed E-state index contributed by atoms with van der Waals surface area (Å²) in [7, 11) is 0. The second kappa shape index (κ2) is 10.1. The highest BCUT2D eigenvalue weighted by Crippen LogP contribution is 2.38. The van der Waals surface area contributed by atoms with E-state index >= 15 is 0 Å². The average Bonchev–Trinajstić information content (AvgIpc) is 3.28. The molecule has 2 aliphatic heterocycles. The van der Waals surface area contributed by atoms with Crippen LogP contribution in [-0.4, -0.2) is 87.6 Å². The average molecular weight is 519 g/mol. The number of anilines is 2. The standard InChI is InChI=1S/C27H34N8O3/c1-18-14-32(26(36)38-27(3,4)5)8-9-34(18)24-23-21(33-10-11-37-16-19(33)2)15-35(25(23)31-17-30-24)22-12-20(13-28)6-7-29-22/h6-7,12,15,17-19H,8-11,14,16H2,1-5H3. The quantitative estimate of drug-likeness (QED) is 0.515. The minimum absolute atomic E-state index is 0.00715. The highest BCUT2D eigenvalue weighted by atomic mass is 16.6. The molecule has 5 rings (SSSR count). The molecule has 3 aromatic heterocycles. The number of nitrogens with zero attached hydrogens (tertiary/aromatic N) is 8. The Hall–Kier alpha value is -3.91. The lowest BCUT2D eigenvalue weighted by Crippen LogP contribution is -2.55. The van der Waals surface area contributed by atoms with Gasteiger partial charge in [0.2, 0.25) is 0 Å². The molecule has 11 heteroatoms. The van der Waals surface area contributed by atoms with Crippen LogP contribution in [-0.2, 0) is 9.47 Å². The predicted molar refractivity (Wildman–Crippen MR) is 144 cm³/mol. The van der Waals surface area contributed by atoms with Crippen molar-refractivity contribution in [1.29, 1.82) is 5.26 Å². The zero-order valence-corrected chi connectivity index (χ0v) is 22.6. The number of hydrogen-bond acceptors (Lipinski definition) is 9. The number of fused-ring (bicyclic) bond motifs is 1. The first-order valence-electron chi connectivity index (χ1n) is 13.0. The lowest BCUT2D eigenvalue weighted by atomic mass is 10.1. The van der Waals surface area contributed by atoms with E-state index in [1.807, 2.05) is 31.5 Å². The van der Waals surface area contributed by atoms with E-state index in [1.54, 1.807) is 29.6 Å². The van der Waals surface area contributed by atoms with E-state index in [0.717, 1.165) is 23.4 Å². The van der Waals surface area contributed by atoms with Gasteiger partial charge in [-0.05, 0) is 46.8 Å². The number of pyridine rings is 1. The number of piperazine rings is 1. The van der Waals surface area contributed by atoms with Gasteiger partial charge in [0.1, 0.15) is 23.6 Å². The van der Waals surface area contributed by atoms with Crippen molar-refractivity contribution in [2.24, 2.45) is 0 Å². The molecule has 2 aliphatic rings. The van der Waals surface area contributed by atoms with Crippen LogP contribution < -0.4 is 9.80 Å². The molecule has 0 radical (unpaired) electrons. The molecule has 0 N–H and O–H groups in total. The van der Waals surface area contributed by atoms with Crippen LogP contribution in [0.3, 0.4) is 0 Å². The first-order chi connectivity index (χ1) is 18.2. The number of hydrogen-bond donors (Lipinski definition) is 0. The van der Waals surface area contributed by atoms with Gasteiger partial charge in [-0.1, -0.05) is 0 Å². The third-order valence-corrected chi connectivity index (χ3v) is 6.89. The molecule has 11 nitrogen and oxygen atoms in total. The smallest absolute Gasteiger partial charge is 0.410 e. The molecule has 5 heterocycles. The molecule has 3 aromatic rings. The minimum Gasteiger partial charge on any atom is -0.444 e. The minimum atomic E-state index is -0.542. The van der Waals surface area contributed by atoms with Crippen molar-refractivity contribution in [2.75, 3.05) is 49.2 Å². The van der Waals surface area contributed by atoms with Gasteiger partial charge >= 0.3 is 6.09 Å². The molecular weight excluding hydrogens is 484 g/mol. The Kier molecular flexibility index (Phi) is 6.84. The van der Waals surface area contributed by atoms with Crippen LogP contribution in [0, 0.1) is 11.3 Å². The molecule has 2 fully saturated rings. The van der Waals surface area contributed by atoms with Crippen LogP contribution in [0.15, 0.2) is 30.9 Å². The maximum Gasteiger partial charge on any atom is 0.410 e. The number of carbonyl (C=O) groups excluding carboxylic acids is 1. The van der Waals surface area contributed by atoms with Gasteiger partial charge in [-0.25, -0.2) is 19.7 Å². The van der Waals surface area contributed by atoms with Gasteiger partial charge < -0.3 is 24.2 Å². The van der Waals surface area contributed by atoms with Crippen LogP contribution in [0.25, 0.3) is 16.9 Å². The predicted octanol–water partition coefficient (Wildman–Crippen LogP) is 3.36. The van der Waals surface area contributed by atoms with Gasteiger partial charge in [0, 0.05) is 50.7 Å². The van der Waals surface area contributed by atoms with Crippen molar-refractivity contribution in [3.63, 3.8) is 0 Å². The summed E-state index contributed by atoms with van der Waals surface area (Å²) in [5.41, 5.74) is 1.70. The molecule has 200 valence electrons. The fraction of sp³-hybridized carbons (Fsp3) is 0.519. The third kappa shape index (κ3) is 4.96. The molecule has 38 heavy (non-hydrogen) atoms. The molecule has 2 unspecified atom stereocenters. The molecule has 0 aromatic carbocycles. The Morgan fingerprint density at radius 1 is 1.13 bits per heavy atom. The molecule has 2 atom stereocenters. The number of amides is 1. The Balaban J connectivity index is 1.57. The summed E-state index contributed by atoms with van der Waals surface area (Å²) in [5, 5.41) is 10.4. The molecule has 2 saturated heterocycles. The Morgan fingerprint density at radius 2 is 1.95 bits per heavy atom. The summed E-state index contributed by atoms with van der Waals surface area (Å²) in [6.07, 6.45) is 4.95. The topological polar surface area (TPSA) is 113 Å². The zero-order valence-electron chi connectivity index (χ0n) is 22.6. The molecule has 0 aliphatic carbocycles. The first kappa shape index (κ1) is 25.7. The van der Waals surface area contributed by atoms with Gasteiger partial charge in [0.05, 0.1) is 35.9 Å². The summed E-state index contributed by atoms with van der Waals surface area (Å²) >= 11 is 0. The van der Waals surface area contributed by atoms with Crippen LogP contribution in [0.5, 0.6) is 0 Å². The van der Waals surface area contributed by atoms with Crippen LogP contribution in [0.4, 0.5) is 16.3 Å². The van der Waals surface area contributed by atoms with Crippen LogP contribution in [0.1, 0.15) is 40.2 Å². The molecule has 0 bridgehead atoms. The van der Waals surface area contributed by atoms with Crippen molar-refractivity contribution in [3.05, 3.63) is 36.4 Å². The summed E-state index contributed by atoms with van der Waals surface area (Å²) < 4.78 is 13.3. The summed E-state index contributed by atoms with van der Waals surface area (Å²) in [5.74, 6) is 1.43. The fourth-order valence-corrected chi connectivity index (χ4v) is 5.11. The fourth-order valence-electron chi connectivity index (χ4n) is 5.11. The van der Waals surface area contributed by atoms with E-state index in [1.165, 1.54) is 0 Å². The maximum absolute atomic E-state index is 12.7. The second-order valence-corrected chi connectivity index (χ2v) is 10.9. The number of morpholine rings is 1. The van der Waals surface area contributed by atoms with Crippen LogP contribution >= 0.6 is 0 Å². The van der Waals surface area contributed by atoms with E-state index in [9.17, 15) is 10.1 Å². The SMILES string of the molecule is CC1COCCN1c1cn(-c2cc(C#N)ccn2)c2ncnc(N3CCN(C(=O)OC(C)(C)C)CC3C)c12. The van der Waals surface area contributed by atoms with Gasteiger partial charge in [0.25, 0.3) is 0 Å². The number of rotatable bonds is 3. The normalized spacial score (nSPS) is 20.5. The largest absolute Gasteiger partial charge is 0.444 e. The molecular formula is C27H34N8O3. The van der Waals surface area contributed by atoms with Crippen molar-refractivity contribution >= 4 is 28.6 Å². The monoisotopic (exact) mass is 518 g/mol. The Labute approximate surface area is 222 Å². The highest BCUT2D eigenvalue weighted by molar-refractivity contribution is 6.01. The Morgan fingerprint density at radius 3 is 2.66 bits per heavy atom. The van der Waals surface area contributed by atoms with Crippen molar-refractivity contribution in [1.82, 2.24) is 24.4 Å². The Bertz CT molecular complexity index is 1370. The van der Waals surface area contributed by atoms with Crippen molar-refractivity contribution < 1.29 is 14.3 Å². The number of carbonyl (C=O) groups is 1. The van der Waals surface area contributed by atoms with Gasteiger partial charge in [-0.2, -0.15) is 5.26 Å². The van der Waals surface area contributed by atoms with E-state index < -0.39 is 5.60 Å². The molecule has 0 spiro atoms. The lowest BCUT2D eigenvalue weighted by molar-refractivity contribution is 0.0218. The van der Waals surface area contributed by atoms with E-state index in [4.69, 9.17) is 14.5 Å². The number of aromatic nitrogens is 4. The highest BCUT2D eigenvalue weighted by Gasteiger charge is 2.33. The van der Waals surface area contributed by atoms with Crippen LogP contribution in [0.2, 0.25) is 0 Å². The lowest BCUT2D eigenvalue weighted by Gasteiger charge is -2.41. The van der Waals surface area contributed by atoms with E-state index in [0.29, 0.717) is 49.9 Å². The van der Waals surface area contributed by atoms with Crippen molar-refractivity contribution in [2.45, 2.75) is 52.3 Å². The first-order valence-corrected chi connectivity index (χ1v) is 13.0. The third-order valence-electron chi connectivity index (χ3n) is 6.89. The zero-order chi connectivity index (χ0) is 27.0. The maximum atomic E-state index is 12.7. The number of ether oxygens (including phenoxy) is 2. The molecule has 1 amide bonds.